The van der Waals surface area contributed by atoms with Crippen LogP contribution in [-0.2, 0) is 0 Å². The minimum absolute atomic E-state index is 1.02. The molecule has 0 unspecified atom stereocenters. The number of hydrogen-bond donors (Lipinski definition) is 0. The maximum atomic E-state index is 3.79. The quantitative estimate of drug-likeness (QED) is 0.512. The van der Waals surface area contributed by atoms with E-state index >= 15 is 0 Å². The van der Waals surface area contributed by atoms with Gasteiger partial charge in [0.25, 0.3) is 0 Å². The van der Waals surface area contributed by atoms with Gasteiger partial charge in [-0.15, -0.1) is 0 Å². The lowest BCUT2D eigenvalue weighted by Crippen LogP contribution is -2.18. The van der Waals surface area contributed by atoms with E-state index in [4.69, 9.17) is 0 Å². The van der Waals surface area contributed by atoms with Crippen molar-refractivity contribution in [3.63, 3.8) is 0 Å². The third kappa shape index (κ3) is 6.57. The Balaban J connectivity index is 0. The van der Waals surface area contributed by atoms with Crippen molar-refractivity contribution in [1.82, 2.24) is 4.31 Å². The Morgan fingerprint density at radius 2 is 1.55 bits per heavy atom. The highest BCUT2D eigenvalue weighted by Gasteiger charge is 2.24. The van der Waals surface area contributed by atoms with Crippen molar-refractivity contribution >= 4 is 11.9 Å². The standard InChI is InChI=1S/C16H21NS.2C2H6/c1-6-10-14-13(9-4)15(11-7-2)17(5)18-16(14)12-8-3;2*1-2/h7-12H,2-3,6H2,1,4-5H3;2*1-2H3/b13-9-,14-10-,15-11+,16-12+;;. The van der Waals surface area contributed by atoms with Gasteiger partial charge in [-0.2, -0.15) is 0 Å². The van der Waals surface area contributed by atoms with Crippen molar-refractivity contribution in [2.24, 2.45) is 0 Å². The maximum Gasteiger partial charge on any atom is 0.0545 e. The SMILES string of the molecule is C=C/C=C1SN(C)C(=C/C=C)/C(=C\C)C/1=C/CC.CC.CC. The lowest BCUT2D eigenvalue weighted by molar-refractivity contribution is 0.711. The fourth-order valence-electron chi connectivity index (χ4n) is 1.94. The highest BCUT2D eigenvalue weighted by Crippen LogP contribution is 2.43. The van der Waals surface area contributed by atoms with Gasteiger partial charge in [-0.05, 0) is 43.0 Å². The van der Waals surface area contributed by atoms with Gasteiger partial charge in [0.1, 0.15) is 0 Å². The Kier molecular flexibility index (Phi) is 15.1. The van der Waals surface area contributed by atoms with E-state index in [0.29, 0.717) is 0 Å². The van der Waals surface area contributed by atoms with E-state index in [0.717, 1.165) is 6.42 Å². The molecule has 0 radical (unpaired) electrons. The minimum Gasteiger partial charge on any atom is -0.315 e. The fourth-order valence-corrected chi connectivity index (χ4v) is 2.94. The van der Waals surface area contributed by atoms with Gasteiger partial charge in [0.2, 0.25) is 0 Å². The second-order valence-corrected chi connectivity index (χ2v) is 5.04. The van der Waals surface area contributed by atoms with E-state index < -0.39 is 0 Å². The van der Waals surface area contributed by atoms with Crippen molar-refractivity contribution in [1.29, 1.82) is 0 Å². The van der Waals surface area contributed by atoms with Crippen LogP contribution in [0.3, 0.4) is 0 Å². The molecule has 2 heteroatoms. The molecule has 1 fully saturated rings. The summed E-state index contributed by atoms with van der Waals surface area (Å²) in [6, 6.07) is 0. The van der Waals surface area contributed by atoms with Crippen LogP contribution >= 0.6 is 11.9 Å². The fraction of sp³-hybridized carbons (Fsp3) is 0.400. The van der Waals surface area contributed by atoms with Crippen LogP contribution in [0.1, 0.15) is 48.0 Å². The average Bonchev–Trinajstić information content (AvgIpc) is 2.56. The summed E-state index contributed by atoms with van der Waals surface area (Å²) >= 11 is 1.72. The van der Waals surface area contributed by atoms with Crippen LogP contribution in [0.5, 0.6) is 0 Å². The molecule has 0 aliphatic carbocycles. The molecule has 0 amide bonds. The molecule has 0 atom stereocenters. The van der Waals surface area contributed by atoms with E-state index in [1.54, 1.807) is 11.9 Å². The Morgan fingerprint density at radius 1 is 1.00 bits per heavy atom. The van der Waals surface area contributed by atoms with Gasteiger partial charge in [0, 0.05) is 17.5 Å². The summed E-state index contributed by atoms with van der Waals surface area (Å²) in [6.07, 6.45) is 13.2. The second-order valence-electron chi connectivity index (χ2n) is 3.87. The number of nitrogens with zero attached hydrogens (tertiary/aromatic N) is 1. The zero-order chi connectivity index (χ0) is 17.5. The molecule has 0 spiro atoms. The van der Waals surface area contributed by atoms with Crippen molar-refractivity contribution in [2.45, 2.75) is 48.0 Å². The van der Waals surface area contributed by atoms with Crippen LogP contribution in [0.25, 0.3) is 0 Å². The largest absolute Gasteiger partial charge is 0.315 e. The summed E-state index contributed by atoms with van der Waals surface area (Å²) in [5.41, 5.74) is 3.74. The molecule has 0 saturated carbocycles. The van der Waals surface area contributed by atoms with Crippen LogP contribution in [0.15, 0.2) is 71.4 Å². The number of likely N-dealkylation sites (N-methyl/N-ethyl adjacent to an activating group) is 1. The van der Waals surface area contributed by atoms with E-state index in [-0.39, 0.29) is 0 Å². The molecule has 1 saturated heterocycles. The molecule has 0 aromatic carbocycles. The van der Waals surface area contributed by atoms with Crippen LogP contribution < -0.4 is 0 Å². The van der Waals surface area contributed by atoms with Crippen LogP contribution in [0.4, 0.5) is 0 Å². The van der Waals surface area contributed by atoms with Crippen molar-refractivity contribution in [3.05, 3.63) is 71.4 Å². The molecule has 1 nitrogen and oxygen atoms in total. The first-order chi connectivity index (χ1) is 10.7. The Hall–Kier alpha value is -1.41. The van der Waals surface area contributed by atoms with Crippen molar-refractivity contribution in [3.8, 4) is 0 Å². The summed E-state index contributed by atoms with van der Waals surface area (Å²) in [4.78, 5) is 1.24. The number of rotatable bonds is 3. The molecular weight excluding hydrogens is 286 g/mol. The molecule has 22 heavy (non-hydrogen) atoms. The third-order valence-corrected chi connectivity index (χ3v) is 3.67. The number of hydrogen-bond acceptors (Lipinski definition) is 2. The molecule has 124 valence electrons. The van der Waals surface area contributed by atoms with E-state index in [2.05, 4.69) is 62.7 Å². The normalized spacial score (nSPS) is 21.1. The molecule has 0 N–H and O–H groups in total. The monoisotopic (exact) mass is 319 g/mol. The third-order valence-electron chi connectivity index (χ3n) is 2.65. The van der Waals surface area contributed by atoms with Gasteiger partial charge < -0.3 is 4.31 Å². The summed E-state index contributed by atoms with van der Waals surface area (Å²) in [6.45, 7) is 19.8. The lowest BCUT2D eigenvalue weighted by Gasteiger charge is -2.32. The summed E-state index contributed by atoms with van der Waals surface area (Å²) < 4.78 is 2.17. The van der Waals surface area contributed by atoms with Crippen LogP contribution in [0, 0.1) is 0 Å². The molecule has 0 aromatic rings. The average molecular weight is 320 g/mol. The smallest absolute Gasteiger partial charge is 0.0545 e. The maximum absolute atomic E-state index is 3.79. The van der Waals surface area contributed by atoms with Crippen molar-refractivity contribution in [2.75, 3.05) is 7.05 Å². The van der Waals surface area contributed by atoms with E-state index in [9.17, 15) is 0 Å². The van der Waals surface area contributed by atoms with Gasteiger partial charge in [-0.25, -0.2) is 0 Å². The second kappa shape index (κ2) is 14.5. The topological polar surface area (TPSA) is 3.24 Å². The first-order valence-electron chi connectivity index (χ1n) is 8.14. The molecule has 0 aromatic heterocycles. The summed E-state index contributed by atoms with van der Waals surface area (Å²) in [5.74, 6) is 0. The zero-order valence-corrected chi connectivity index (χ0v) is 16.3. The molecule has 1 heterocycles. The van der Waals surface area contributed by atoms with E-state index in [1.165, 1.54) is 21.7 Å². The molecule has 1 aliphatic heterocycles. The minimum atomic E-state index is 1.02. The molecule has 1 aliphatic rings. The van der Waals surface area contributed by atoms with Gasteiger partial charge in [0.15, 0.2) is 0 Å². The Bertz CT molecular complexity index is 450. The highest BCUT2D eigenvalue weighted by atomic mass is 32.2. The van der Waals surface area contributed by atoms with Gasteiger partial charge >= 0.3 is 0 Å². The molecule has 1 rings (SSSR count). The summed E-state index contributed by atoms with van der Waals surface area (Å²) in [5, 5.41) is 0. The van der Waals surface area contributed by atoms with Crippen LogP contribution in [-0.4, -0.2) is 11.4 Å². The van der Waals surface area contributed by atoms with Gasteiger partial charge in [-0.3, -0.25) is 0 Å². The first-order valence-corrected chi connectivity index (χ1v) is 8.91. The van der Waals surface area contributed by atoms with Crippen LogP contribution in [0.2, 0.25) is 0 Å². The molecule has 0 bridgehead atoms. The Morgan fingerprint density at radius 3 is 1.95 bits per heavy atom. The number of allylic oxidation sites excluding steroid dienone is 8. The first kappa shape index (κ1) is 22.9. The van der Waals surface area contributed by atoms with Crippen molar-refractivity contribution < 1.29 is 0 Å². The molecular formula is C20H33NS. The summed E-state index contributed by atoms with van der Waals surface area (Å²) in [7, 11) is 2.07. The predicted octanol–water partition coefficient (Wildman–Crippen LogP) is 7.05. The highest BCUT2D eigenvalue weighted by molar-refractivity contribution is 8.01. The zero-order valence-electron chi connectivity index (χ0n) is 15.4. The van der Waals surface area contributed by atoms with E-state index in [1.807, 2.05) is 39.8 Å². The predicted molar refractivity (Wildman–Crippen MR) is 107 cm³/mol. The van der Waals surface area contributed by atoms with Gasteiger partial charge in [-0.1, -0.05) is 72.1 Å². The Labute approximate surface area is 143 Å². The van der Waals surface area contributed by atoms with Gasteiger partial charge in [0.05, 0.1) is 5.70 Å². The lowest BCUT2D eigenvalue weighted by atomic mass is 9.99.